The Kier molecular flexibility index (Phi) is 4.34. The maximum Gasteiger partial charge on any atom is 0.257 e. The van der Waals surface area contributed by atoms with Gasteiger partial charge in [0.1, 0.15) is 18.4 Å². The summed E-state index contributed by atoms with van der Waals surface area (Å²) in [5.74, 6) is 1.81. The molecule has 9 heteroatoms. The highest BCUT2D eigenvalue weighted by Crippen LogP contribution is 2.21. The molecule has 0 saturated heterocycles. The molecule has 0 bridgehead atoms. The van der Waals surface area contributed by atoms with Crippen molar-refractivity contribution in [2.45, 2.75) is 26.3 Å². The number of nitrogens with zero attached hydrogens (tertiary/aromatic N) is 5. The first kappa shape index (κ1) is 16.2. The Morgan fingerprint density at radius 1 is 1.31 bits per heavy atom. The van der Waals surface area contributed by atoms with Gasteiger partial charge in [-0.2, -0.15) is 4.98 Å². The number of fused-ring (bicyclic) bond motifs is 1. The van der Waals surface area contributed by atoms with Gasteiger partial charge in [0.25, 0.3) is 5.91 Å². The first-order valence-electron chi connectivity index (χ1n) is 8.38. The van der Waals surface area contributed by atoms with E-state index in [9.17, 15) is 4.79 Å². The number of rotatable bonds is 4. The summed E-state index contributed by atoms with van der Waals surface area (Å²) in [4.78, 5) is 27.3. The van der Waals surface area contributed by atoms with Crippen molar-refractivity contribution >= 4 is 11.7 Å². The van der Waals surface area contributed by atoms with Crippen molar-refractivity contribution in [3.8, 4) is 0 Å². The first-order valence-corrected chi connectivity index (χ1v) is 8.38. The summed E-state index contributed by atoms with van der Waals surface area (Å²) in [7, 11) is 0. The summed E-state index contributed by atoms with van der Waals surface area (Å²) in [6.45, 7) is 3.37. The third-order valence-corrected chi connectivity index (χ3v) is 4.32. The molecule has 0 fully saturated rings. The lowest BCUT2D eigenvalue weighted by molar-refractivity contribution is 0.0762. The van der Waals surface area contributed by atoms with Gasteiger partial charge in [-0.3, -0.25) is 4.79 Å². The van der Waals surface area contributed by atoms with Gasteiger partial charge < -0.3 is 19.2 Å². The number of carbonyl (C=O) groups is 1. The number of amides is 1. The number of anilines is 1. The van der Waals surface area contributed by atoms with Crippen LogP contribution in [-0.2, 0) is 19.4 Å². The number of furan rings is 1. The fraction of sp³-hybridized carbons (Fsp3) is 0.353. The Morgan fingerprint density at radius 3 is 2.96 bits per heavy atom. The Hall–Kier alpha value is -3.23. The zero-order valence-electron chi connectivity index (χ0n) is 14.3. The number of aromatic nitrogens is 4. The molecule has 1 N–H and O–H groups in total. The summed E-state index contributed by atoms with van der Waals surface area (Å²) < 4.78 is 9.99. The molecule has 9 nitrogen and oxygen atoms in total. The highest BCUT2D eigenvalue weighted by atomic mass is 16.5. The zero-order chi connectivity index (χ0) is 17.9. The van der Waals surface area contributed by atoms with Crippen molar-refractivity contribution in [3.63, 3.8) is 0 Å². The fourth-order valence-corrected chi connectivity index (χ4v) is 3.03. The zero-order valence-corrected chi connectivity index (χ0v) is 14.3. The Morgan fingerprint density at radius 2 is 2.19 bits per heavy atom. The number of nitrogens with one attached hydrogen (secondary N) is 1. The second kappa shape index (κ2) is 6.95. The van der Waals surface area contributed by atoms with E-state index in [1.54, 1.807) is 13.0 Å². The minimum absolute atomic E-state index is 0.0312. The van der Waals surface area contributed by atoms with Crippen LogP contribution < -0.4 is 5.32 Å². The van der Waals surface area contributed by atoms with E-state index in [1.807, 2.05) is 4.90 Å². The van der Waals surface area contributed by atoms with Crippen LogP contribution in [0.3, 0.4) is 0 Å². The Labute approximate surface area is 149 Å². The van der Waals surface area contributed by atoms with Gasteiger partial charge in [-0.05, 0) is 12.5 Å². The maximum absolute atomic E-state index is 12.5. The molecular weight excluding hydrogens is 336 g/mol. The van der Waals surface area contributed by atoms with E-state index in [0.717, 1.165) is 17.1 Å². The highest BCUT2D eigenvalue weighted by molar-refractivity contribution is 5.93. The SMILES string of the molecule is Cc1nc(CNc2ncnc3c2CCN(C(=O)c2ccoc2)CC3)no1. The van der Waals surface area contributed by atoms with Crippen molar-refractivity contribution in [3.05, 3.63) is 53.5 Å². The van der Waals surface area contributed by atoms with E-state index in [0.29, 0.717) is 49.8 Å². The molecule has 3 aromatic heterocycles. The van der Waals surface area contributed by atoms with Gasteiger partial charge in [-0.25, -0.2) is 9.97 Å². The van der Waals surface area contributed by atoms with Crippen LogP contribution in [0.5, 0.6) is 0 Å². The average molecular weight is 354 g/mol. The van der Waals surface area contributed by atoms with Crippen LogP contribution in [0.1, 0.15) is 33.3 Å². The largest absolute Gasteiger partial charge is 0.472 e. The van der Waals surface area contributed by atoms with Crippen molar-refractivity contribution in [2.75, 3.05) is 18.4 Å². The second-order valence-corrected chi connectivity index (χ2v) is 6.03. The van der Waals surface area contributed by atoms with Gasteiger partial charge in [0.05, 0.1) is 24.1 Å². The normalized spacial score (nSPS) is 14.0. The van der Waals surface area contributed by atoms with Crippen LogP contribution in [0.2, 0.25) is 0 Å². The Bertz CT molecular complexity index is 905. The molecule has 0 spiro atoms. The van der Waals surface area contributed by atoms with Crippen LogP contribution >= 0.6 is 0 Å². The Balaban J connectivity index is 1.48. The molecule has 26 heavy (non-hydrogen) atoms. The molecule has 0 radical (unpaired) electrons. The van der Waals surface area contributed by atoms with E-state index >= 15 is 0 Å². The summed E-state index contributed by atoms with van der Waals surface area (Å²) in [6, 6.07) is 1.68. The fourth-order valence-electron chi connectivity index (χ4n) is 3.03. The maximum atomic E-state index is 12.5. The molecule has 0 aliphatic carbocycles. The van der Waals surface area contributed by atoms with Gasteiger partial charge >= 0.3 is 0 Å². The molecule has 134 valence electrons. The van der Waals surface area contributed by atoms with Crippen molar-refractivity contribution in [1.29, 1.82) is 0 Å². The summed E-state index contributed by atoms with van der Waals surface area (Å²) in [6.07, 6.45) is 5.87. The van der Waals surface area contributed by atoms with Gasteiger partial charge in [-0.15, -0.1) is 0 Å². The molecule has 1 amide bonds. The predicted molar refractivity (Wildman–Crippen MR) is 90.4 cm³/mol. The van der Waals surface area contributed by atoms with E-state index in [1.165, 1.54) is 18.9 Å². The second-order valence-electron chi connectivity index (χ2n) is 6.03. The van der Waals surface area contributed by atoms with Crippen LogP contribution in [0.4, 0.5) is 5.82 Å². The van der Waals surface area contributed by atoms with Crippen LogP contribution in [0, 0.1) is 6.92 Å². The number of carbonyl (C=O) groups excluding carboxylic acids is 1. The minimum atomic E-state index is -0.0312. The smallest absolute Gasteiger partial charge is 0.257 e. The van der Waals surface area contributed by atoms with Crippen molar-refractivity contribution in [2.24, 2.45) is 0 Å². The lowest BCUT2D eigenvalue weighted by Gasteiger charge is -2.19. The highest BCUT2D eigenvalue weighted by Gasteiger charge is 2.23. The van der Waals surface area contributed by atoms with Crippen LogP contribution in [-0.4, -0.2) is 44.0 Å². The van der Waals surface area contributed by atoms with Gasteiger partial charge in [0.2, 0.25) is 5.89 Å². The number of hydrogen-bond acceptors (Lipinski definition) is 8. The number of aryl methyl sites for hydroxylation is 1. The lowest BCUT2D eigenvalue weighted by Crippen LogP contribution is -2.33. The van der Waals surface area contributed by atoms with Gasteiger partial charge in [0.15, 0.2) is 5.82 Å². The minimum Gasteiger partial charge on any atom is -0.472 e. The molecule has 0 saturated carbocycles. The topological polar surface area (TPSA) is 110 Å². The molecule has 3 aromatic rings. The van der Waals surface area contributed by atoms with E-state index < -0.39 is 0 Å². The van der Waals surface area contributed by atoms with E-state index in [2.05, 4.69) is 25.4 Å². The molecule has 0 unspecified atom stereocenters. The first-order chi connectivity index (χ1) is 12.7. The summed E-state index contributed by atoms with van der Waals surface area (Å²) >= 11 is 0. The van der Waals surface area contributed by atoms with E-state index in [-0.39, 0.29) is 5.91 Å². The molecule has 1 aliphatic rings. The van der Waals surface area contributed by atoms with Crippen LogP contribution in [0.25, 0.3) is 0 Å². The standard InChI is InChI=1S/C17H18N6O3/c1-11-21-15(22-26-11)8-18-16-13-2-5-23(6-3-14(13)19-10-20-16)17(24)12-4-7-25-9-12/h4,7,9-10H,2-3,5-6,8H2,1H3,(H,18,19,20). The molecule has 0 aromatic carbocycles. The third-order valence-electron chi connectivity index (χ3n) is 4.32. The van der Waals surface area contributed by atoms with Gasteiger partial charge in [-0.1, -0.05) is 5.16 Å². The predicted octanol–water partition coefficient (Wildman–Crippen LogP) is 1.61. The number of hydrogen-bond donors (Lipinski definition) is 1. The quantitative estimate of drug-likeness (QED) is 0.752. The summed E-state index contributed by atoms with van der Waals surface area (Å²) in [5, 5.41) is 7.12. The molecule has 4 heterocycles. The van der Waals surface area contributed by atoms with Crippen LogP contribution in [0.15, 0.2) is 33.9 Å². The average Bonchev–Trinajstić information content (AvgIpc) is 3.27. The summed E-state index contributed by atoms with van der Waals surface area (Å²) in [5.41, 5.74) is 2.54. The molecule has 4 rings (SSSR count). The third kappa shape index (κ3) is 3.28. The monoisotopic (exact) mass is 354 g/mol. The van der Waals surface area contributed by atoms with Crippen molar-refractivity contribution < 1.29 is 13.7 Å². The van der Waals surface area contributed by atoms with Crippen molar-refractivity contribution in [1.82, 2.24) is 25.0 Å². The molecule has 1 aliphatic heterocycles. The molecule has 0 atom stereocenters. The van der Waals surface area contributed by atoms with Gasteiger partial charge in [0, 0.05) is 32.0 Å². The van der Waals surface area contributed by atoms with E-state index in [4.69, 9.17) is 8.94 Å². The lowest BCUT2D eigenvalue weighted by atomic mass is 10.1. The molecular formula is C17H18N6O3.